The fourth-order valence-corrected chi connectivity index (χ4v) is 12.8. The molecule has 1 heterocycles. The van der Waals surface area contributed by atoms with Gasteiger partial charge in [0.15, 0.2) is 0 Å². The number of allylic oxidation sites excluding steroid dienone is 6. The molecule has 0 bridgehead atoms. The van der Waals surface area contributed by atoms with E-state index in [4.69, 9.17) is 21.6 Å². The summed E-state index contributed by atoms with van der Waals surface area (Å²) in [5, 5.41) is 0. The summed E-state index contributed by atoms with van der Waals surface area (Å²) in [7, 11) is 7.50. The minimum atomic E-state index is -2.65. The van der Waals surface area contributed by atoms with Gasteiger partial charge in [-0.25, -0.2) is 0 Å². The molecule has 0 amide bonds. The van der Waals surface area contributed by atoms with Gasteiger partial charge in [0.05, 0.1) is 0 Å². The van der Waals surface area contributed by atoms with Gasteiger partial charge in [-0.05, 0) is 0 Å². The first-order valence-electron chi connectivity index (χ1n) is 10.5. The van der Waals surface area contributed by atoms with Crippen LogP contribution in [0.3, 0.4) is 0 Å². The Hall–Kier alpha value is -2.26. The summed E-state index contributed by atoms with van der Waals surface area (Å²) in [6.07, 6.45) is 9.17. The average Bonchev–Trinajstić information content (AvgIpc) is 3.15. The van der Waals surface area contributed by atoms with Crippen molar-refractivity contribution in [3.8, 4) is 0 Å². The zero-order valence-electron chi connectivity index (χ0n) is 17.0. The molecule has 31 heavy (non-hydrogen) atoms. The van der Waals surface area contributed by atoms with Crippen LogP contribution in [-0.4, -0.2) is 18.3 Å². The molecule has 2 aliphatic rings. The van der Waals surface area contributed by atoms with Crippen LogP contribution < -0.4 is 0 Å². The molecule has 0 nitrogen and oxygen atoms in total. The average molecular weight is 502 g/mol. The van der Waals surface area contributed by atoms with Crippen molar-refractivity contribution < 1.29 is 0 Å². The molecule has 0 radical (unpaired) electrons. The van der Waals surface area contributed by atoms with Crippen LogP contribution >= 0.6 is 21.6 Å². The van der Waals surface area contributed by atoms with Crippen molar-refractivity contribution in [2.24, 2.45) is 0 Å². The van der Waals surface area contributed by atoms with Crippen molar-refractivity contribution in [2.75, 3.05) is 0 Å². The minimum absolute atomic E-state index is 0.611. The molecule has 0 aromatic heterocycles. The Labute approximate surface area is 197 Å². The van der Waals surface area contributed by atoms with E-state index in [1.54, 1.807) is 0 Å². The quantitative estimate of drug-likeness (QED) is 0.255. The molecule has 2 unspecified atom stereocenters. The first kappa shape index (κ1) is 20.6. The van der Waals surface area contributed by atoms with Crippen LogP contribution in [0, 0.1) is 0 Å². The Morgan fingerprint density at radius 1 is 0.645 bits per heavy atom. The molecule has 0 saturated heterocycles. The van der Waals surface area contributed by atoms with Gasteiger partial charge < -0.3 is 0 Å². The maximum atomic E-state index is 7.50. The van der Waals surface area contributed by atoms with Gasteiger partial charge in [0, 0.05) is 0 Å². The summed E-state index contributed by atoms with van der Waals surface area (Å²) in [6, 6.07) is 31.8. The number of halogens is 2. The third-order valence-electron chi connectivity index (χ3n) is 5.97. The van der Waals surface area contributed by atoms with Crippen LogP contribution in [0.5, 0.6) is 0 Å². The van der Waals surface area contributed by atoms with E-state index in [2.05, 4.69) is 115 Å². The van der Waals surface area contributed by atoms with Crippen molar-refractivity contribution in [1.29, 1.82) is 0 Å². The number of rotatable bonds is 4. The fourth-order valence-electron chi connectivity index (χ4n) is 4.60. The zero-order chi connectivity index (χ0) is 21.3. The van der Waals surface area contributed by atoms with E-state index in [1.807, 2.05) is 0 Å². The van der Waals surface area contributed by atoms with Gasteiger partial charge in [0.2, 0.25) is 0 Å². The SMILES string of the molecule is [Cl][GeH]1[C](c2ccccc2)=C(c2ccccc2)C(C2(Cl)C=CC=CC2)=[C]1c1ccccc1. The van der Waals surface area contributed by atoms with E-state index in [0.29, 0.717) is 0 Å². The second kappa shape index (κ2) is 8.70. The fraction of sp³-hybridized carbons (Fsp3) is 0.0714. The molecule has 1 aliphatic carbocycles. The van der Waals surface area contributed by atoms with E-state index in [9.17, 15) is 0 Å². The molecule has 0 spiro atoms. The molecule has 3 heteroatoms. The van der Waals surface area contributed by atoms with Crippen LogP contribution in [-0.2, 0) is 0 Å². The van der Waals surface area contributed by atoms with Crippen LogP contribution in [0.25, 0.3) is 14.4 Å². The summed E-state index contributed by atoms with van der Waals surface area (Å²) in [4.78, 5) is -0.611. The molecule has 0 saturated carbocycles. The molecule has 0 N–H and O–H groups in total. The van der Waals surface area contributed by atoms with E-state index >= 15 is 0 Å². The second-order valence-corrected chi connectivity index (χ2v) is 14.8. The van der Waals surface area contributed by atoms with Crippen LogP contribution in [0.4, 0.5) is 0 Å². The normalized spacial score (nSPS) is 23.0. The molecule has 3 aromatic rings. The molecule has 2 atom stereocenters. The van der Waals surface area contributed by atoms with Crippen molar-refractivity contribution in [3.63, 3.8) is 0 Å². The van der Waals surface area contributed by atoms with Crippen molar-refractivity contribution in [2.45, 2.75) is 11.3 Å². The Bertz CT molecular complexity index is 1210. The number of alkyl halides is 1. The summed E-state index contributed by atoms with van der Waals surface area (Å²) < 4.78 is 2.58. The van der Waals surface area contributed by atoms with Gasteiger partial charge in [0.25, 0.3) is 0 Å². The van der Waals surface area contributed by atoms with Crippen molar-refractivity contribution in [3.05, 3.63) is 138 Å². The predicted octanol–water partition coefficient (Wildman–Crippen LogP) is 7.60. The molecular weight excluding hydrogens is 480 g/mol. The third kappa shape index (κ3) is 3.78. The van der Waals surface area contributed by atoms with E-state index in [0.717, 1.165) is 6.42 Å². The van der Waals surface area contributed by atoms with Gasteiger partial charge >= 0.3 is 198 Å². The number of hydrogen-bond donors (Lipinski definition) is 0. The van der Waals surface area contributed by atoms with E-state index < -0.39 is 18.3 Å². The summed E-state index contributed by atoms with van der Waals surface area (Å²) in [5.41, 5.74) is 5.99. The predicted molar refractivity (Wildman–Crippen MR) is 138 cm³/mol. The Kier molecular flexibility index (Phi) is 5.79. The molecular formula is C28H22Cl2Ge. The van der Waals surface area contributed by atoms with Crippen LogP contribution in [0.1, 0.15) is 23.1 Å². The van der Waals surface area contributed by atoms with Gasteiger partial charge in [-0.1, -0.05) is 0 Å². The monoisotopic (exact) mass is 502 g/mol. The summed E-state index contributed by atoms with van der Waals surface area (Å²) in [6.45, 7) is 0. The standard InChI is InChI=1S/C28H22Cl2Ge/c29-28(19-11-4-12-20-28)25-24(21-13-5-1-6-14-21)26(22-15-7-2-8-16-22)31(30)27(25)23-17-9-3-10-18-23/h1-19,31H,20H2. The number of hydrogen-bond acceptors (Lipinski definition) is 0. The van der Waals surface area contributed by atoms with Gasteiger partial charge in [-0.3, -0.25) is 0 Å². The molecule has 3 aromatic carbocycles. The topological polar surface area (TPSA) is 0 Å². The van der Waals surface area contributed by atoms with Gasteiger partial charge in [0.1, 0.15) is 0 Å². The Morgan fingerprint density at radius 3 is 1.68 bits per heavy atom. The first-order valence-corrected chi connectivity index (χ1v) is 16.5. The van der Waals surface area contributed by atoms with Crippen LogP contribution in [0.2, 0.25) is 0 Å². The maximum absolute atomic E-state index is 7.50. The van der Waals surface area contributed by atoms with Crippen molar-refractivity contribution in [1.82, 2.24) is 0 Å². The second-order valence-electron chi connectivity index (χ2n) is 7.89. The summed E-state index contributed by atoms with van der Waals surface area (Å²) >= 11 is 4.78. The Morgan fingerprint density at radius 2 is 1.16 bits per heavy atom. The number of benzene rings is 3. The molecule has 1 aliphatic heterocycles. The van der Waals surface area contributed by atoms with E-state index in [-0.39, 0.29) is 0 Å². The molecule has 5 rings (SSSR count). The third-order valence-corrected chi connectivity index (χ3v) is 13.4. The molecule has 152 valence electrons. The van der Waals surface area contributed by atoms with E-state index in [1.165, 1.54) is 36.6 Å². The molecule has 0 fully saturated rings. The first-order chi connectivity index (χ1) is 15.2. The van der Waals surface area contributed by atoms with Crippen LogP contribution in [0.15, 0.2) is 121 Å². The summed E-state index contributed by atoms with van der Waals surface area (Å²) in [5.74, 6) is 0. The van der Waals surface area contributed by atoms with Gasteiger partial charge in [-0.15, -0.1) is 0 Å². The van der Waals surface area contributed by atoms with Gasteiger partial charge in [-0.2, -0.15) is 0 Å². The Balaban J connectivity index is 1.85. The van der Waals surface area contributed by atoms with Crippen molar-refractivity contribution >= 4 is 49.4 Å². The zero-order valence-corrected chi connectivity index (χ0v) is 20.9.